The van der Waals surface area contributed by atoms with E-state index in [1.165, 1.54) is 24.3 Å². The van der Waals surface area contributed by atoms with Gasteiger partial charge in [0.1, 0.15) is 11.6 Å². The average molecular weight is 762 g/mol. The molecular formula is C42H28Cl2F2N4O4. The number of imide groups is 2. The number of fused-ring (bicyclic) bond motifs is 6. The highest BCUT2D eigenvalue weighted by Gasteiger charge is 2.31. The molecule has 0 unspecified atom stereocenters. The van der Waals surface area contributed by atoms with Gasteiger partial charge in [0.05, 0.1) is 33.3 Å². The topological polar surface area (TPSA) is 116 Å². The van der Waals surface area contributed by atoms with Crippen molar-refractivity contribution in [3.63, 3.8) is 0 Å². The highest BCUT2D eigenvalue weighted by atomic mass is 35.5. The van der Waals surface area contributed by atoms with Crippen LogP contribution in [-0.4, -0.2) is 23.9 Å². The molecule has 6 aromatic rings. The maximum atomic E-state index is 13.9. The van der Waals surface area contributed by atoms with E-state index in [4.69, 9.17) is 23.2 Å². The monoisotopic (exact) mass is 760 g/mol. The molecule has 0 aliphatic heterocycles. The van der Waals surface area contributed by atoms with Crippen LogP contribution >= 0.6 is 23.2 Å². The third-order valence-corrected chi connectivity index (χ3v) is 9.68. The molecule has 8 rings (SSSR count). The van der Waals surface area contributed by atoms with Crippen molar-refractivity contribution in [2.45, 2.75) is 12.1 Å². The summed E-state index contributed by atoms with van der Waals surface area (Å²) in [5.41, 5.74) is 7.14. The summed E-state index contributed by atoms with van der Waals surface area (Å²) in [5.74, 6) is -3.36. The van der Waals surface area contributed by atoms with Crippen molar-refractivity contribution in [3.05, 3.63) is 189 Å². The predicted octanol–water partition coefficient (Wildman–Crippen LogP) is 9.38. The van der Waals surface area contributed by atoms with E-state index in [1.54, 1.807) is 0 Å². The first-order chi connectivity index (χ1) is 26.1. The number of benzene rings is 6. The molecule has 6 aromatic carbocycles. The zero-order valence-corrected chi connectivity index (χ0v) is 29.5. The van der Waals surface area contributed by atoms with Gasteiger partial charge in [-0.3, -0.25) is 20.2 Å². The van der Waals surface area contributed by atoms with Crippen LogP contribution in [0.5, 0.6) is 0 Å². The molecule has 0 heterocycles. The Morgan fingerprint density at radius 3 is 1.02 bits per heavy atom. The molecule has 0 bridgehead atoms. The summed E-state index contributed by atoms with van der Waals surface area (Å²) in [5, 5.41) is 9.78. The number of carbonyl (C=O) groups is 4. The standard InChI is InChI=1S/2C21H14ClFN2O2/c2*22-16-10-5-11-17(23)18(16)20(26)25-21(27)24-19-14-8-3-1-6-12(14)13-7-2-4-9-15(13)19/h2*1-11,19H,(H2,24,25,26,27). The molecule has 0 fully saturated rings. The van der Waals surface area contributed by atoms with E-state index in [2.05, 4.69) is 21.3 Å². The van der Waals surface area contributed by atoms with Crippen LogP contribution in [0.15, 0.2) is 133 Å². The van der Waals surface area contributed by atoms with Crippen LogP contribution in [0.4, 0.5) is 18.4 Å². The SMILES string of the molecule is O=C(NC(=O)c1c(F)cccc1Cl)NC1c2ccccc2-c2ccccc21.O=C(NC(=O)c1c(F)cccc1Cl)NC1c2ccccc2-c2ccccc21. The van der Waals surface area contributed by atoms with Gasteiger partial charge in [0.15, 0.2) is 0 Å². The third-order valence-electron chi connectivity index (χ3n) is 9.05. The lowest BCUT2D eigenvalue weighted by Crippen LogP contribution is -2.41. The molecule has 54 heavy (non-hydrogen) atoms. The summed E-state index contributed by atoms with van der Waals surface area (Å²) in [4.78, 5) is 49.4. The highest BCUT2D eigenvalue weighted by molar-refractivity contribution is 6.34. The first-order valence-electron chi connectivity index (χ1n) is 16.6. The minimum absolute atomic E-state index is 0.0585. The van der Waals surface area contributed by atoms with Gasteiger partial charge in [-0.1, -0.05) is 132 Å². The lowest BCUT2D eigenvalue weighted by molar-refractivity contribution is 0.0949. The Kier molecular flexibility index (Phi) is 10.2. The molecular weight excluding hydrogens is 733 g/mol. The number of hydrogen-bond acceptors (Lipinski definition) is 4. The molecule has 0 spiro atoms. The minimum Gasteiger partial charge on any atom is -0.327 e. The molecule has 268 valence electrons. The Morgan fingerprint density at radius 2 is 0.722 bits per heavy atom. The number of halogens is 4. The average Bonchev–Trinajstić information content (AvgIpc) is 3.64. The van der Waals surface area contributed by atoms with Crippen molar-refractivity contribution >= 4 is 47.1 Å². The second kappa shape index (κ2) is 15.3. The van der Waals surface area contributed by atoms with Crippen molar-refractivity contribution in [2.24, 2.45) is 0 Å². The van der Waals surface area contributed by atoms with Crippen LogP contribution in [-0.2, 0) is 0 Å². The summed E-state index contributed by atoms with van der Waals surface area (Å²) >= 11 is 11.8. The molecule has 8 nitrogen and oxygen atoms in total. The van der Waals surface area contributed by atoms with Gasteiger partial charge in [0.2, 0.25) is 0 Å². The fourth-order valence-corrected chi connectivity index (χ4v) is 7.21. The van der Waals surface area contributed by atoms with Gasteiger partial charge in [-0.05, 0) is 68.8 Å². The lowest BCUT2D eigenvalue weighted by Gasteiger charge is -2.16. The molecule has 2 aliphatic carbocycles. The summed E-state index contributed by atoms with van der Waals surface area (Å²) in [6.45, 7) is 0. The molecule has 0 aromatic heterocycles. The summed E-state index contributed by atoms with van der Waals surface area (Å²) in [6.07, 6.45) is 0. The third kappa shape index (κ3) is 7.04. The first-order valence-corrected chi connectivity index (χ1v) is 17.4. The van der Waals surface area contributed by atoms with E-state index >= 15 is 0 Å². The van der Waals surface area contributed by atoms with Gasteiger partial charge in [0.25, 0.3) is 11.8 Å². The van der Waals surface area contributed by atoms with Crippen molar-refractivity contribution < 1.29 is 28.0 Å². The van der Waals surface area contributed by atoms with Gasteiger partial charge in [-0.2, -0.15) is 0 Å². The Labute approximate surface area is 318 Å². The van der Waals surface area contributed by atoms with E-state index in [0.717, 1.165) is 56.6 Å². The van der Waals surface area contributed by atoms with Crippen molar-refractivity contribution in [1.29, 1.82) is 0 Å². The van der Waals surface area contributed by atoms with Crippen molar-refractivity contribution in [2.75, 3.05) is 0 Å². The Bertz CT molecular complexity index is 2170. The second-order valence-corrected chi connectivity index (χ2v) is 13.1. The molecule has 0 radical (unpaired) electrons. The molecule has 0 saturated heterocycles. The van der Waals surface area contributed by atoms with Crippen LogP contribution in [0.2, 0.25) is 10.0 Å². The fraction of sp³-hybridized carbons (Fsp3) is 0.0476. The Balaban J connectivity index is 0.000000167. The van der Waals surface area contributed by atoms with Gasteiger partial charge in [0, 0.05) is 0 Å². The largest absolute Gasteiger partial charge is 0.327 e. The summed E-state index contributed by atoms with van der Waals surface area (Å²) in [7, 11) is 0. The fourth-order valence-electron chi connectivity index (χ4n) is 6.72. The Hall–Kier alpha value is -6.36. The summed E-state index contributed by atoms with van der Waals surface area (Å²) in [6, 6.07) is 36.5. The molecule has 0 atom stereocenters. The van der Waals surface area contributed by atoms with E-state index in [0.29, 0.717) is 0 Å². The van der Waals surface area contributed by atoms with E-state index < -0.39 is 47.6 Å². The van der Waals surface area contributed by atoms with Crippen molar-refractivity contribution in [1.82, 2.24) is 21.3 Å². The predicted molar refractivity (Wildman–Crippen MR) is 202 cm³/mol. The van der Waals surface area contributed by atoms with E-state index in [1.807, 2.05) is 97.1 Å². The van der Waals surface area contributed by atoms with E-state index in [-0.39, 0.29) is 21.2 Å². The number of urea groups is 2. The van der Waals surface area contributed by atoms with Gasteiger partial charge in [-0.15, -0.1) is 0 Å². The van der Waals surface area contributed by atoms with Crippen molar-refractivity contribution in [3.8, 4) is 22.3 Å². The molecule has 4 N–H and O–H groups in total. The van der Waals surface area contributed by atoms with Crippen LogP contribution in [0.25, 0.3) is 22.3 Å². The Morgan fingerprint density at radius 1 is 0.426 bits per heavy atom. The molecule has 6 amide bonds. The molecule has 12 heteroatoms. The van der Waals surface area contributed by atoms with Crippen LogP contribution < -0.4 is 21.3 Å². The van der Waals surface area contributed by atoms with Crippen LogP contribution in [0, 0.1) is 11.6 Å². The number of carbonyl (C=O) groups excluding carboxylic acids is 4. The smallest absolute Gasteiger partial charge is 0.322 e. The molecule has 0 saturated carbocycles. The number of rotatable bonds is 4. The molecule has 2 aliphatic rings. The summed E-state index contributed by atoms with van der Waals surface area (Å²) < 4.78 is 27.7. The van der Waals surface area contributed by atoms with Crippen LogP contribution in [0.3, 0.4) is 0 Å². The lowest BCUT2D eigenvalue weighted by atomic mass is 10.1. The number of nitrogens with one attached hydrogen (secondary N) is 4. The maximum Gasteiger partial charge on any atom is 0.322 e. The number of amides is 6. The van der Waals surface area contributed by atoms with Gasteiger partial charge < -0.3 is 10.6 Å². The zero-order chi connectivity index (χ0) is 37.9. The quantitative estimate of drug-likeness (QED) is 0.143. The minimum atomic E-state index is -0.893. The van der Waals surface area contributed by atoms with Gasteiger partial charge in [-0.25, -0.2) is 18.4 Å². The zero-order valence-electron chi connectivity index (χ0n) is 28.0. The maximum absolute atomic E-state index is 13.9. The normalized spacial score (nSPS) is 12.2. The number of hydrogen-bond donors (Lipinski definition) is 4. The second-order valence-electron chi connectivity index (χ2n) is 12.3. The van der Waals surface area contributed by atoms with E-state index in [9.17, 15) is 28.0 Å². The van der Waals surface area contributed by atoms with Crippen LogP contribution in [0.1, 0.15) is 55.1 Å². The highest BCUT2D eigenvalue weighted by Crippen LogP contribution is 2.44. The first kappa shape index (κ1) is 36.0. The van der Waals surface area contributed by atoms with Gasteiger partial charge >= 0.3 is 12.1 Å².